The summed E-state index contributed by atoms with van der Waals surface area (Å²) in [6.45, 7) is 3.92. The summed E-state index contributed by atoms with van der Waals surface area (Å²) in [6, 6.07) is 1.45. The van der Waals surface area contributed by atoms with Gasteiger partial charge in [-0.05, 0) is 12.5 Å². The topological polar surface area (TPSA) is 32.3 Å². The molecular formula is C13H16F3NO. The smallest absolute Gasteiger partial charge is 0.161 e. The molecule has 2 rings (SSSR count). The summed E-state index contributed by atoms with van der Waals surface area (Å²) >= 11 is 0. The molecule has 0 aliphatic heterocycles. The second-order valence-electron chi connectivity index (χ2n) is 5.36. The van der Waals surface area contributed by atoms with E-state index in [0.717, 1.165) is 6.07 Å². The van der Waals surface area contributed by atoms with Crippen LogP contribution in [0.25, 0.3) is 0 Å². The first-order valence-electron chi connectivity index (χ1n) is 5.87. The predicted octanol–water partition coefficient (Wildman–Crippen LogP) is 2.35. The third kappa shape index (κ3) is 2.24. The van der Waals surface area contributed by atoms with E-state index in [1.165, 1.54) is 0 Å². The molecule has 1 aromatic carbocycles. The van der Waals surface area contributed by atoms with Crippen LogP contribution >= 0.6 is 0 Å². The van der Waals surface area contributed by atoms with Gasteiger partial charge >= 0.3 is 0 Å². The SMILES string of the molecule is CC1(C)C(O)CC1NCc1cc(F)c(F)cc1F. The predicted molar refractivity (Wildman–Crippen MR) is 61.3 cm³/mol. The van der Waals surface area contributed by atoms with Gasteiger partial charge in [0.2, 0.25) is 0 Å². The highest BCUT2D eigenvalue weighted by Gasteiger charge is 2.46. The molecular weight excluding hydrogens is 243 g/mol. The van der Waals surface area contributed by atoms with Crippen molar-refractivity contribution in [1.82, 2.24) is 5.32 Å². The Morgan fingerprint density at radius 3 is 2.39 bits per heavy atom. The molecule has 18 heavy (non-hydrogen) atoms. The van der Waals surface area contributed by atoms with Gasteiger partial charge in [0, 0.05) is 29.6 Å². The highest BCUT2D eigenvalue weighted by molar-refractivity contribution is 5.20. The molecule has 2 atom stereocenters. The molecule has 0 aromatic heterocycles. The lowest BCUT2D eigenvalue weighted by molar-refractivity contribution is -0.0730. The number of benzene rings is 1. The molecule has 100 valence electrons. The molecule has 1 aliphatic rings. The Morgan fingerprint density at radius 1 is 1.22 bits per heavy atom. The van der Waals surface area contributed by atoms with Crippen LogP contribution in [-0.2, 0) is 6.54 Å². The minimum atomic E-state index is -1.18. The molecule has 0 amide bonds. The van der Waals surface area contributed by atoms with Gasteiger partial charge in [-0.1, -0.05) is 13.8 Å². The fourth-order valence-electron chi connectivity index (χ4n) is 2.18. The molecule has 2 N–H and O–H groups in total. The fraction of sp³-hybridized carbons (Fsp3) is 0.538. The number of rotatable bonds is 3. The quantitative estimate of drug-likeness (QED) is 0.817. The molecule has 1 saturated carbocycles. The van der Waals surface area contributed by atoms with Gasteiger partial charge in [-0.3, -0.25) is 0 Å². The van der Waals surface area contributed by atoms with Crippen molar-refractivity contribution in [2.45, 2.75) is 39.0 Å². The van der Waals surface area contributed by atoms with E-state index in [4.69, 9.17) is 0 Å². The summed E-state index contributed by atoms with van der Waals surface area (Å²) in [5.74, 6) is -3.00. The largest absolute Gasteiger partial charge is 0.392 e. The minimum Gasteiger partial charge on any atom is -0.392 e. The number of halogens is 3. The molecule has 0 heterocycles. The van der Waals surface area contributed by atoms with Gasteiger partial charge in [0.25, 0.3) is 0 Å². The average Bonchev–Trinajstić information content (AvgIpc) is 2.30. The molecule has 1 fully saturated rings. The van der Waals surface area contributed by atoms with Gasteiger partial charge in [0.1, 0.15) is 5.82 Å². The molecule has 2 nitrogen and oxygen atoms in total. The molecule has 0 spiro atoms. The van der Waals surface area contributed by atoms with Crippen LogP contribution in [-0.4, -0.2) is 17.3 Å². The zero-order chi connectivity index (χ0) is 13.5. The zero-order valence-corrected chi connectivity index (χ0v) is 10.3. The molecule has 1 aromatic rings. The van der Waals surface area contributed by atoms with Crippen molar-refractivity contribution in [2.24, 2.45) is 5.41 Å². The number of aliphatic hydroxyl groups is 1. The van der Waals surface area contributed by atoms with Crippen LogP contribution in [0.1, 0.15) is 25.8 Å². The van der Waals surface area contributed by atoms with Crippen molar-refractivity contribution in [3.05, 3.63) is 35.1 Å². The normalized spacial score (nSPS) is 25.9. The summed E-state index contributed by atoms with van der Waals surface area (Å²) in [4.78, 5) is 0. The van der Waals surface area contributed by atoms with Crippen LogP contribution in [0, 0.1) is 22.9 Å². The first kappa shape index (κ1) is 13.4. The summed E-state index contributed by atoms with van der Waals surface area (Å²) in [7, 11) is 0. The van der Waals surface area contributed by atoms with Crippen molar-refractivity contribution >= 4 is 0 Å². The van der Waals surface area contributed by atoms with Crippen molar-refractivity contribution in [1.29, 1.82) is 0 Å². The Kier molecular flexibility index (Phi) is 3.38. The van der Waals surface area contributed by atoms with E-state index in [1.54, 1.807) is 0 Å². The first-order valence-corrected chi connectivity index (χ1v) is 5.87. The third-order valence-corrected chi connectivity index (χ3v) is 3.84. The summed E-state index contributed by atoms with van der Waals surface area (Å²) in [5, 5.41) is 12.6. The lowest BCUT2D eigenvalue weighted by Crippen LogP contribution is -2.59. The number of nitrogens with one attached hydrogen (secondary N) is 1. The van der Waals surface area contributed by atoms with Gasteiger partial charge in [-0.2, -0.15) is 0 Å². The summed E-state index contributed by atoms with van der Waals surface area (Å²) in [5.41, 5.74) is -0.194. The summed E-state index contributed by atoms with van der Waals surface area (Å²) < 4.78 is 39.1. The van der Waals surface area contributed by atoms with E-state index in [1.807, 2.05) is 13.8 Å². The Labute approximate surface area is 104 Å². The lowest BCUT2D eigenvalue weighted by Gasteiger charge is -2.49. The van der Waals surface area contributed by atoms with Crippen molar-refractivity contribution in [2.75, 3.05) is 0 Å². The Balaban J connectivity index is 2.01. The van der Waals surface area contributed by atoms with Gasteiger partial charge < -0.3 is 10.4 Å². The first-order chi connectivity index (χ1) is 8.32. The average molecular weight is 259 g/mol. The highest BCUT2D eigenvalue weighted by atomic mass is 19.2. The minimum absolute atomic E-state index is 0.0417. The Hall–Kier alpha value is -1.07. The summed E-state index contributed by atoms with van der Waals surface area (Å²) in [6.07, 6.45) is 0.197. The fourth-order valence-corrected chi connectivity index (χ4v) is 2.18. The van der Waals surface area contributed by atoms with Gasteiger partial charge in [0.15, 0.2) is 11.6 Å². The second kappa shape index (κ2) is 4.55. The van der Waals surface area contributed by atoms with Crippen LogP contribution in [0.4, 0.5) is 13.2 Å². The molecule has 1 aliphatic carbocycles. The van der Waals surface area contributed by atoms with E-state index in [2.05, 4.69) is 5.32 Å². The van der Waals surface area contributed by atoms with Crippen molar-refractivity contribution in [3.8, 4) is 0 Å². The Bertz CT molecular complexity index is 462. The highest BCUT2D eigenvalue weighted by Crippen LogP contribution is 2.40. The lowest BCUT2D eigenvalue weighted by atomic mass is 9.64. The molecule has 2 unspecified atom stereocenters. The number of aliphatic hydroxyl groups excluding tert-OH is 1. The van der Waals surface area contributed by atoms with E-state index in [-0.39, 0.29) is 29.7 Å². The zero-order valence-electron chi connectivity index (χ0n) is 10.3. The number of hydrogen-bond acceptors (Lipinski definition) is 2. The van der Waals surface area contributed by atoms with Crippen LogP contribution in [0.3, 0.4) is 0 Å². The second-order valence-corrected chi connectivity index (χ2v) is 5.36. The van der Waals surface area contributed by atoms with E-state index >= 15 is 0 Å². The molecule has 0 saturated heterocycles. The van der Waals surface area contributed by atoms with Crippen LogP contribution < -0.4 is 5.32 Å². The maximum absolute atomic E-state index is 13.4. The number of hydrogen-bond donors (Lipinski definition) is 2. The third-order valence-electron chi connectivity index (χ3n) is 3.84. The standard InChI is InChI=1S/C13H16F3NO/c1-13(2)11(5-12(13)18)17-6-7-3-9(15)10(16)4-8(7)14/h3-4,11-12,17-18H,5-6H2,1-2H3. The maximum atomic E-state index is 13.4. The van der Waals surface area contributed by atoms with Crippen LogP contribution in [0.15, 0.2) is 12.1 Å². The molecule has 5 heteroatoms. The van der Waals surface area contributed by atoms with Gasteiger partial charge in [-0.15, -0.1) is 0 Å². The van der Waals surface area contributed by atoms with E-state index < -0.39 is 17.5 Å². The molecule has 0 bridgehead atoms. The Morgan fingerprint density at radius 2 is 1.83 bits per heavy atom. The van der Waals surface area contributed by atoms with Crippen LogP contribution in [0.2, 0.25) is 0 Å². The molecule has 0 radical (unpaired) electrons. The van der Waals surface area contributed by atoms with Gasteiger partial charge in [-0.25, -0.2) is 13.2 Å². The van der Waals surface area contributed by atoms with Crippen molar-refractivity contribution < 1.29 is 18.3 Å². The van der Waals surface area contributed by atoms with Gasteiger partial charge in [0.05, 0.1) is 6.10 Å². The van der Waals surface area contributed by atoms with E-state index in [0.29, 0.717) is 12.5 Å². The van der Waals surface area contributed by atoms with E-state index in [9.17, 15) is 18.3 Å². The van der Waals surface area contributed by atoms with Crippen LogP contribution in [0.5, 0.6) is 0 Å². The van der Waals surface area contributed by atoms with Crippen molar-refractivity contribution in [3.63, 3.8) is 0 Å². The maximum Gasteiger partial charge on any atom is 0.161 e. The monoisotopic (exact) mass is 259 g/mol.